The summed E-state index contributed by atoms with van der Waals surface area (Å²) in [6.45, 7) is 5.08. The number of nitrogens with one attached hydrogen (secondary N) is 1. The van der Waals surface area contributed by atoms with Gasteiger partial charge >= 0.3 is 5.97 Å². The zero-order valence-electron chi connectivity index (χ0n) is 10.9. The van der Waals surface area contributed by atoms with Gasteiger partial charge in [0.25, 0.3) is 0 Å². The van der Waals surface area contributed by atoms with Crippen LogP contribution in [-0.4, -0.2) is 11.1 Å². The van der Waals surface area contributed by atoms with Crippen molar-refractivity contribution >= 4 is 28.6 Å². The largest absolute Gasteiger partial charge is 0.477 e. The molecule has 0 saturated carbocycles. The van der Waals surface area contributed by atoms with Crippen LogP contribution in [0.2, 0.25) is 0 Å². The zero-order valence-corrected chi connectivity index (χ0v) is 12.6. The summed E-state index contributed by atoms with van der Waals surface area (Å²) in [6.07, 6.45) is 0. The summed E-state index contributed by atoms with van der Waals surface area (Å²) in [5.74, 6) is -0.354. The predicted octanol–water partition coefficient (Wildman–Crippen LogP) is 3.99. The molecule has 0 saturated heterocycles. The van der Waals surface area contributed by atoms with Crippen LogP contribution in [-0.2, 0) is 6.54 Å². The summed E-state index contributed by atoms with van der Waals surface area (Å²) < 4.78 is 0. The molecular weight excluding hydrogens is 278 g/mol. The van der Waals surface area contributed by atoms with Gasteiger partial charge in [-0.15, -0.1) is 22.7 Å². The quantitative estimate of drug-likeness (QED) is 0.847. The van der Waals surface area contributed by atoms with Gasteiger partial charge in [-0.3, -0.25) is 0 Å². The van der Waals surface area contributed by atoms with Gasteiger partial charge in [0, 0.05) is 22.3 Å². The third kappa shape index (κ3) is 3.65. The van der Waals surface area contributed by atoms with Crippen molar-refractivity contribution in [1.29, 1.82) is 0 Å². The number of hydrogen-bond acceptors (Lipinski definition) is 4. The first-order valence-electron chi connectivity index (χ1n) is 6.16. The molecule has 0 radical (unpaired) electrons. The summed E-state index contributed by atoms with van der Waals surface area (Å²) in [7, 11) is 0. The van der Waals surface area contributed by atoms with Crippen LogP contribution in [0.5, 0.6) is 0 Å². The molecule has 0 spiro atoms. The van der Waals surface area contributed by atoms with Crippen LogP contribution in [0.3, 0.4) is 0 Å². The van der Waals surface area contributed by atoms with Gasteiger partial charge in [-0.25, -0.2) is 4.79 Å². The Kier molecular flexibility index (Phi) is 4.74. The zero-order chi connectivity index (χ0) is 13.8. The van der Waals surface area contributed by atoms with Crippen molar-refractivity contribution < 1.29 is 9.90 Å². The van der Waals surface area contributed by atoms with Gasteiger partial charge in [0.15, 0.2) is 0 Å². The van der Waals surface area contributed by atoms with Gasteiger partial charge in [-0.05, 0) is 29.5 Å². The SMILES string of the molecule is CC(C)C(NCc1ccc(C(=O)O)s1)c1cccs1. The first-order valence-corrected chi connectivity index (χ1v) is 7.86. The summed E-state index contributed by atoms with van der Waals surface area (Å²) in [4.78, 5) is 13.6. The first kappa shape index (κ1) is 14.2. The molecule has 0 aliphatic rings. The lowest BCUT2D eigenvalue weighted by Gasteiger charge is -2.20. The molecule has 2 rings (SSSR count). The summed E-state index contributed by atoms with van der Waals surface area (Å²) in [5.41, 5.74) is 0. The van der Waals surface area contributed by atoms with Gasteiger partial charge in [0.05, 0.1) is 0 Å². The molecule has 1 atom stereocenters. The molecule has 2 heterocycles. The fraction of sp³-hybridized carbons (Fsp3) is 0.357. The highest BCUT2D eigenvalue weighted by molar-refractivity contribution is 7.13. The molecule has 3 nitrogen and oxygen atoms in total. The second-order valence-corrected chi connectivity index (χ2v) is 6.84. The maximum atomic E-state index is 10.8. The van der Waals surface area contributed by atoms with E-state index in [1.165, 1.54) is 16.2 Å². The van der Waals surface area contributed by atoms with E-state index in [9.17, 15) is 4.79 Å². The van der Waals surface area contributed by atoms with Gasteiger partial charge in [-0.1, -0.05) is 19.9 Å². The van der Waals surface area contributed by atoms with Crippen LogP contribution in [0, 0.1) is 5.92 Å². The van der Waals surface area contributed by atoms with E-state index in [4.69, 9.17) is 5.11 Å². The third-order valence-electron chi connectivity index (χ3n) is 2.89. The molecule has 2 aromatic heterocycles. The van der Waals surface area contributed by atoms with Crippen molar-refractivity contribution in [2.45, 2.75) is 26.4 Å². The van der Waals surface area contributed by atoms with Crippen LogP contribution in [0.15, 0.2) is 29.6 Å². The van der Waals surface area contributed by atoms with Gasteiger partial charge < -0.3 is 10.4 Å². The topological polar surface area (TPSA) is 49.3 Å². The lowest BCUT2D eigenvalue weighted by atomic mass is 10.0. The van der Waals surface area contributed by atoms with Crippen LogP contribution in [0.1, 0.15) is 39.3 Å². The predicted molar refractivity (Wildman–Crippen MR) is 80.0 cm³/mol. The molecule has 0 aliphatic carbocycles. The lowest BCUT2D eigenvalue weighted by Crippen LogP contribution is -2.24. The van der Waals surface area contributed by atoms with Gasteiger partial charge in [-0.2, -0.15) is 0 Å². The van der Waals surface area contributed by atoms with Gasteiger partial charge in [0.2, 0.25) is 0 Å². The normalized spacial score (nSPS) is 12.8. The fourth-order valence-corrected chi connectivity index (χ4v) is 3.70. The number of carboxylic acid groups (broad SMARTS) is 1. The van der Waals surface area contributed by atoms with Crippen molar-refractivity contribution in [3.05, 3.63) is 44.3 Å². The highest BCUT2D eigenvalue weighted by Crippen LogP contribution is 2.26. The van der Waals surface area contributed by atoms with E-state index in [0.29, 0.717) is 23.4 Å². The average molecular weight is 295 g/mol. The Hall–Kier alpha value is -1.17. The molecule has 5 heteroatoms. The number of aromatic carboxylic acids is 1. The molecule has 1 unspecified atom stereocenters. The molecule has 0 bridgehead atoms. The number of carbonyl (C=O) groups is 1. The Morgan fingerprint density at radius 2 is 2.16 bits per heavy atom. The molecule has 19 heavy (non-hydrogen) atoms. The number of carboxylic acids is 1. The molecular formula is C14H17NO2S2. The van der Waals surface area contributed by atoms with E-state index >= 15 is 0 Å². The Morgan fingerprint density at radius 1 is 1.37 bits per heavy atom. The molecule has 0 fully saturated rings. The van der Waals surface area contributed by atoms with E-state index in [-0.39, 0.29) is 0 Å². The second-order valence-electron chi connectivity index (χ2n) is 4.69. The van der Waals surface area contributed by atoms with E-state index in [0.717, 1.165) is 4.88 Å². The summed E-state index contributed by atoms with van der Waals surface area (Å²) in [6, 6.07) is 8.06. The smallest absolute Gasteiger partial charge is 0.345 e. The van der Waals surface area contributed by atoms with E-state index in [1.807, 2.05) is 6.07 Å². The maximum absolute atomic E-state index is 10.8. The first-order chi connectivity index (χ1) is 9.08. The van der Waals surface area contributed by atoms with Crippen LogP contribution >= 0.6 is 22.7 Å². The standard InChI is InChI=1S/C14H17NO2S2/c1-9(2)13(11-4-3-7-18-11)15-8-10-5-6-12(19-10)14(16)17/h3-7,9,13,15H,8H2,1-2H3,(H,16,17). The molecule has 2 aromatic rings. The fourth-order valence-electron chi connectivity index (χ4n) is 1.93. The summed E-state index contributed by atoms with van der Waals surface area (Å²) in [5, 5.41) is 14.5. The number of rotatable bonds is 6. The van der Waals surface area contributed by atoms with E-state index in [1.54, 1.807) is 17.4 Å². The molecule has 0 amide bonds. The molecule has 102 valence electrons. The van der Waals surface area contributed by atoms with Crippen LogP contribution in [0.25, 0.3) is 0 Å². The Labute approximate surface area is 120 Å². The minimum absolute atomic E-state index is 0.315. The molecule has 0 aromatic carbocycles. The van der Waals surface area contributed by atoms with Crippen molar-refractivity contribution in [2.75, 3.05) is 0 Å². The Balaban J connectivity index is 2.01. The molecule has 0 aliphatic heterocycles. The van der Waals surface area contributed by atoms with E-state index in [2.05, 4.69) is 36.7 Å². The van der Waals surface area contributed by atoms with Crippen molar-refractivity contribution in [1.82, 2.24) is 5.32 Å². The highest BCUT2D eigenvalue weighted by Gasteiger charge is 2.16. The van der Waals surface area contributed by atoms with Crippen LogP contribution in [0.4, 0.5) is 0 Å². The lowest BCUT2D eigenvalue weighted by molar-refractivity contribution is 0.0702. The minimum atomic E-state index is -0.852. The third-order valence-corrected chi connectivity index (χ3v) is 4.91. The van der Waals surface area contributed by atoms with Crippen LogP contribution < -0.4 is 5.32 Å². The number of thiophene rings is 2. The highest BCUT2D eigenvalue weighted by atomic mass is 32.1. The van der Waals surface area contributed by atoms with Gasteiger partial charge in [0.1, 0.15) is 4.88 Å². The Morgan fingerprint density at radius 3 is 2.68 bits per heavy atom. The molecule has 2 N–H and O–H groups in total. The monoisotopic (exact) mass is 295 g/mol. The second kappa shape index (κ2) is 6.32. The maximum Gasteiger partial charge on any atom is 0.345 e. The summed E-state index contributed by atoms with van der Waals surface area (Å²) >= 11 is 3.08. The van der Waals surface area contributed by atoms with Crippen molar-refractivity contribution in [2.24, 2.45) is 5.92 Å². The van der Waals surface area contributed by atoms with E-state index < -0.39 is 5.97 Å². The average Bonchev–Trinajstić information content (AvgIpc) is 2.98. The number of hydrogen-bond donors (Lipinski definition) is 2. The van der Waals surface area contributed by atoms with Crippen molar-refractivity contribution in [3.63, 3.8) is 0 Å². The van der Waals surface area contributed by atoms with Crippen molar-refractivity contribution in [3.8, 4) is 0 Å². The Bertz CT molecular complexity index is 531. The minimum Gasteiger partial charge on any atom is -0.477 e.